The molecule has 0 aliphatic heterocycles. The van der Waals surface area contributed by atoms with E-state index in [-0.39, 0.29) is 35.8 Å². The molecule has 0 saturated heterocycles. The maximum atomic E-state index is 13.2. The fourth-order valence-corrected chi connectivity index (χ4v) is 3.52. The zero-order valence-electron chi connectivity index (χ0n) is 18.2. The van der Waals surface area contributed by atoms with E-state index in [0.29, 0.717) is 18.9 Å². The van der Waals surface area contributed by atoms with Crippen molar-refractivity contribution in [2.75, 3.05) is 11.9 Å². The van der Waals surface area contributed by atoms with Crippen molar-refractivity contribution in [2.45, 2.75) is 59.4 Å². The molecule has 0 amide bonds. The Morgan fingerprint density at radius 2 is 1.91 bits per heavy atom. The lowest BCUT2D eigenvalue weighted by molar-refractivity contribution is -0.137. The number of unbranched alkanes of at least 4 members (excludes halogenated alkanes) is 1. The predicted octanol–water partition coefficient (Wildman–Crippen LogP) is 3.74. The number of ether oxygens (including phenoxy) is 1. The molecule has 0 fully saturated rings. The minimum atomic E-state index is -4.50. The number of aromatic nitrogens is 4. The summed E-state index contributed by atoms with van der Waals surface area (Å²) in [6, 6.07) is 3.21. The van der Waals surface area contributed by atoms with Gasteiger partial charge in [0.2, 0.25) is 0 Å². The number of aryl methyl sites for hydroxylation is 2. The number of benzene rings is 1. The number of nitrogens with one attached hydrogen (secondary N) is 2. The molecule has 0 radical (unpaired) electrons. The molecule has 0 aliphatic rings. The number of anilines is 1. The molecule has 32 heavy (non-hydrogen) atoms. The topological polar surface area (TPSA) is 93.9 Å². The van der Waals surface area contributed by atoms with Gasteiger partial charge in [-0.15, -0.1) is 0 Å². The lowest BCUT2D eigenvalue weighted by Crippen LogP contribution is -2.31. The number of imidazole rings is 1. The molecule has 2 aromatic heterocycles. The van der Waals surface area contributed by atoms with Gasteiger partial charge in [0.15, 0.2) is 11.2 Å². The zero-order chi connectivity index (χ0) is 23.5. The molecule has 2 heterocycles. The maximum absolute atomic E-state index is 13.2. The molecular weight excluding hydrogens is 427 g/mol. The first-order valence-corrected chi connectivity index (χ1v) is 10.5. The monoisotopic (exact) mass is 453 g/mol. The van der Waals surface area contributed by atoms with Crippen LogP contribution in [0.3, 0.4) is 0 Å². The van der Waals surface area contributed by atoms with E-state index < -0.39 is 23.0 Å². The van der Waals surface area contributed by atoms with E-state index in [1.54, 1.807) is 11.5 Å². The van der Waals surface area contributed by atoms with Crippen LogP contribution in [0.5, 0.6) is 5.75 Å². The zero-order valence-corrected chi connectivity index (χ0v) is 18.2. The highest BCUT2D eigenvalue weighted by molar-refractivity contribution is 5.71. The van der Waals surface area contributed by atoms with E-state index in [9.17, 15) is 22.8 Å². The van der Waals surface area contributed by atoms with E-state index in [1.807, 2.05) is 13.8 Å². The van der Waals surface area contributed by atoms with Crippen LogP contribution in [-0.2, 0) is 25.8 Å². The summed E-state index contributed by atoms with van der Waals surface area (Å²) in [5.74, 6) is 0.695. The quantitative estimate of drug-likeness (QED) is 0.515. The Labute approximate surface area is 182 Å². The van der Waals surface area contributed by atoms with Crippen LogP contribution in [0.15, 0.2) is 27.8 Å². The van der Waals surface area contributed by atoms with Gasteiger partial charge in [-0.1, -0.05) is 13.3 Å². The second-order valence-corrected chi connectivity index (χ2v) is 7.20. The summed E-state index contributed by atoms with van der Waals surface area (Å²) >= 11 is 0. The second kappa shape index (κ2) is 9.49. The lowest BCUT2D eigenvalue weighted by atomic mass is 10.1. The summed E-state index contributed by atoms with van der Waals surface area (Å²) in [6.07, 6.45) is -2.92. The number of halogens is 3. The van der Waals surface area contributed by atoms with Crippen LogP contribution in [-0.4, -0.2) is 25.7 Å². The Balaban J connectivity index is 2.04. The highest BCUT2D eigenvalue weighted by Gasteiger charge is 2.31. The highest BCUT2D eigenvalue weighted by Crippen LogP contribution is 2.35. The summed E-state index contributed by atoms with van der Waals surface area (Å²) in [4.78, 5) is 31.6. The van der Waals surface area contributed by atoms with Crippen LogP contribution < -0.4 is 21.3 Å². The van der Waals surface area contributed by atoms with E-state index >= 15 is 0 Å². The van der Waals surface area contributed by atoms with Gasteiger partial charge in [0.25, 0.3) is 5.56 Å². The molecule has 0 saturated carbocycles. The van der Waals surface area contributed by atoms with Crippen molar-refractivity contribution in [3.63, 3.8) is 0 Å². The molecule has 0 aliphatic carbocycles. The first kappa shape index (κ1) is 23.4. The third kappa shape index (κ3) is 4.66. The summed E-state index contributed by atoms with van der Waals surface area (Å²) in [7, 11) is 0. The summed E-state index contributed by atoms with van der Waals surface area (Å²) in [6.45, 7) is 6.65. The average Bonchev–Trinajstić information content (AvgIpc) is 3.11. The first-order valence-electron chi connectivity index (χ1n) is 10.5. The Kier molecular flexibility index (Phi) is 6.95. The standard InChI is InChI=1S/C21H26F3N5O3/c1-4-7-10-29-18-17(19(30)27-20(29)31)28(5-2)16(26-18)12-25-14-11-13(21(22,23)24)8-9-15(14)32-6-3/h8-9,11,25H,4-7,10,12H2,1-3H3,(H,27,30,31). The fourth-order valence-electron chi connectivity index (χ4n) is 3.52. The number of alkyl halides is 3. The van der Waals surface area contributed by atoms with Gasteiger partial charge in [-0.25, -0.2) is 9.78 Å². The number of aromatic amines is 1. The van der Waals surface area contributed by atoms with Crippen molar-refractivity contribution >= 4 is 16.9 Å². The van der Waals surface area contributed by atoms with Gasteiger partial charge >= 0.3 is 11.9 Å². The number of rotatable bonds is 9. The Morgan fingerprint density at radius 1 is 1.16 bits per heavy atom. The SMILES string of the molecule is CCCCn1c(=O)[nH]c(=O)c2c1nc(CNc1cc(C(F)(F)F)ccc1OCC)n2CC. The smallest absolute Gasteiger partial charge is 0.416 e. The number of hydrogen-bond acceptors (Lipinski definition) is 5. The van der Waals surface area contributed by atoms with E-state index in [0.717, 1.165) is 25.0 Å². The van der Waals surface area contributed by atoms with Crippen molar-refractivity contribution in [1.82, 2.24) is 19.1 Å². The second-order valence-electron chi connectivity index (χ2n) is 7.20. The highest BCUT2D eigenvalue weighted by atomic mass is 19.4. The van der Waals surface area contributed by atoms with Crippen molar-refractivity contribution in [2.24, 2.45) is 0 Å². The van der Waals surface area contributed by atoms with Crippen LogP contribution in [0, 0.1) is 0 Å². The minimum absolute atomic E-state index is 0.0330. The average molecular weight is 453 g/mol. The predicted molar refractivity (Wildman–Crippen MR) is 115 cm³/mol. The Bertz CT molecular complexity index is 1210. The van der Waals surface area contributed by atoms with Crippen molar-refractivity contribution in [3.05, 3.63) is 50.4 Å². The van der Waals surface area contributed by atoms with Gasteiger partial charge in [-0.2, -0.15) is 13.2 Å². The Morgan fingerprint density at radius 3 is 2.53 bits per heavy atom. The molecular formula is C21H26F3N5O3. The largest absolute Gasteiger partial charge is 0.492 e. The number of hydrogen-bond donors (Lipinski definition) is 2. The van der Waals surface area contributed by atoms with Gasteiger partial charge in [-0.05, 0) is 38.5 Å². The van der Waals surface area contributed by atoms with Gasteiger partial charge in [0.05, 0.1) is 24.4 Å². The third-order valence-electron chi connectivity index (χ3n) is 5.06. The lowest BCUT2D eigenvalue weighted by Gasteiger charge is -2.15. The molecule has 0 unspecified atom stereocenters. The molecule has 0 bridgehead atoms. The summed E-state index contributed by atoms with van der Waals surface area (Å²) < 4.78 is 48.1. The van der Waals surface area contributed by atoms with Crippen LogP contribution in [0.2, 0.25) is 0 Å². The normalized spacial score (nSPS) is 11.8. The molecule has 1 aromatic carbocycles. The fraction of sp³-hybridized carbons (Fsp3) is 0.476. The van der Waals surface area contributed by atoms with Gasteiger partial charge < -0.3 is 14.6 Å². The van der Waals surface area contributed by atoms with Crippen LogP contribution >= 0.6 is 0 Å². The summed E-state index contributed by atoms with van der Waals surface area (Å²) in [5.41, 5.74) is -1.21. The van der Waals surface area contributed by atoms with E-state index in [1.165, 1.54) is 10.6 Å². The van der Waals surface area contributed by atoms with E-state index in [4.69, 9.17) is 4.74 Å². The van der Waals surface area contributed by atoms with E-state index in [2.05, 4.69) is 15.3 Å². The van der Waals surface area contributed by atoms with Gasteiger partial charge in [0.1, 0.15) is 11.6 Å². The van der Waals surface area contributed by atoms with Gasteiger partial charge in [-0.3, -0.25) is 14.3 Å². The minimum Gasteiger partial charge on any atom is -0.492 e. The Hall–Kier alpha value is -3.24. The van der Waals surface area contributed by atoms with Crippen LogP contribution in [0.25, 0.3) is 11.2 Å². The van der Waals surface area contributed by atoms with Crippen molar-refractivity contribution in [1.29, 1.82) is 0 Å². The molecule has 11 heteroatoms. The molecule has 174 valence electrons. The number of H-pyrrole nitrogens is 1. The molecule has 0 atom stereocenters. The molecule has 3 rings (SSSR count). The summed E-state index contributed by atoms with van der Waals surface area (Å²) in [5, 5.41) is 2.95. The molecule has 3 aromatic rings. The molecule has 0 spiro atoms. The van der Waals surface area contributed by atoms with Crippen molar-refractivity contribution in [3.8, 4) is 5.75 Å². The van der Waals surface area contributed by atoms with Crippen LogP contribution in [0.1, 0.15) is 45.0 Å². The van der Waals surface area contributed by atoms with Crippen molar-refractivity contribution < 1.29 is 17.9 Å². The third-order valence-corrected chi connectivity index (χ3v) is 5.06. The number of nitrogens with zero attached hydrogens (tertiary/aromatic N) is 3. The number of fused-ring (bicyclic) bond motifs is 1. The molecule has 2 N–H and O–H groups in total. The maximum Gasteiger partial charge on any atom is 0.416 e. The van der Waals surface area contributed by atoms with Crippen LogP contribution in [0.4, 0.5) is 18.9 Å². The first-order chi connectivity index (χ1) is 15.2. The van der Waals surface area contributed by atoms with Gasteiger partial charge in [0, 0.05) is 13.1 Å². The molecule has 8 nitrogen and oxygen atoms in total.